The van der Waals surface area contributed by atoms with Crippen molar-refractivity contribution in [3.8, 4) is 29.5 Å². The van der Waals surface area contributed by atoms with E-state index in [-0.39, 0.29) is 5.56 Å². The van der Waals surface area contributed by atoms with Crippen molar-refractivity contribution < 1.29 is 29.3 Å². The van der Waals surface area contributed by atoms with Crippen LogP contribution in [-0.4, -0.2) is 46.8 Å². The van der Waals surface area contributed by atoms with Crippen molar-refractivity contribution in [1.29, 1.82) is 10.5 Å². The number of hydrogen-bond acceptors (Lipinski definition) is 8. The molecule has 1 aliphatic rings. The van der Waals surface area contributed by atoms with E-state index in [1.807, 2.05) is 18.2 Å². The van der Waals surface area contributed by atoms with Crippen LogP contribution in [0.2, 0.25) is 0 Å². The zero-order valence-electron chi connectivity index (χ0n) is 17.6. The highest BCUT2D eigenvalue weighted by Gasteiger charge is 2.16. The Balaban J connectivity index is 0.000000414. The molecule has 0 amide bonds. The zero-order chi connectivity index (χ0) is 24.1. The van der Waals surface area contributed by atoms with Crippen LogP contribution in [0.1, 0.15) is 24.0 Å². The molecular formula is C23H22N4O6. The molecule has 170 valence electrons. The lowest BCUT2D eigenvalue weighted by atomic mass is 10.0. The van der Waals surface area contributed by atoms with E-state index in [1.54, 1.807) is 24.4 Å². The average Bonchev–Trinajstić information content (AvgIpc) is 2.83. The fourth-order valence-corrected chi connectivity index (χ4v) is 2.87. The molecule has 0 unspecified atom stereocenters. The largest absolute Gasteiger partial charge is 0.488 e. The maximum atomic E-state index is 9.55. The minimum Gasteiger partial charge on any atom is -0.488 e. The number of rotatable bonds is 7. The summed E-state index contributed by atoms with van der Waals surface area (Å²) in [6.07, 6.45) is 5.04. The maximum Gasteiger partial charge on any atom is 0.328 e. The molecule has 3 N–H and O–H groups in total. The van der Waals surface area contributed by atoms with Gasteiger partial charge in [0.05, 0.1) is 17.7 Å². The van der Waals surface area contributed by atoms with Crippen LogP contribution in [0.3, 0.4) is 0 Å². The van der Waals surface area contributed by atoms with Crippen molar-refractivity contribution >= 4 is 11.9 Å². The Kier molecular flexibility index (Phi) is 9.87. The second kappa shape index (κ2) is 13.1. The Hall–Kier alpha value is -4.41. The molecule has 1 fully saturated rings. The molecule has 1 aliphatic heterocycles. The van der Waals surface area contributed by atoms with Gasteiger partial charge in [0.2, 0.25) is 0 Å². The quantitative estimate of drug-likeness (QED) is 0.534. The van der Waals surface area contributed by atoms with Gasteiger partial charge in [-0.1, -0.05) is 0 Å². The molecule has 3 rings (SSSR count). The van der Waals surface area contributed by atoms with E-state index >= 15 is 0 Å². The molecule has 1 aromatic carbocycles. The summed E-state index contributed by atoms with van der Waals surface area (Å²) in [5.74, 6) is -0.684. The van der Waals surface area contributed by atoms with Crippen molar-refractivity contribution in [3.05, 3.63) is 59.8 Å². The number of piperidine rings is 1. The highest BCUT2D eigenvalue weighted by molar-refractivity contribution is 5.89. The number of carbonyl (C=O) groups is 2. The Morgan fingerprint density at radius 2 is 1.88 bits per heavy atom. The maximum absolute atomic E-state index is 9.55. The first-order chi connectivity index (χ1) is 15.9. The second-order valence-corrected chi connectivity index (χ2v) is 6.87. The molecule has 0 aliphatic carbocycles. The fourth-order valence-electron chi connectivity index (χ4n) is 2.87. The van der Waals surface area contributed by atoms with Gasteiger partial charge in [-0.05, 0) is 49.7 Å². The number of hydrogen-bond donors (Lipinski definition) is 3. The summed E-state index contributed by atoms with van der Waals surface area (Å²) in [5.41, 5.74) is 0.587. The predicted octanol–water partition coefficient (Wildman–Crippen LogP) is 2.71. The smallest absolute Gasteiger partial charge is 0.328 e. The lowest BCUT2D eigenvalue weighted by molar-refractivity contribution is -0.134. The molecule has 2 heterocycles. The summed E-state index contributed by atoms with van der Waals surface area (Å²) in [4.78, 5) is 23.3. The third-order valence-electron chi connectivity index (χ3n) is 4.42. The topological polar surface area (TPSA) is 166 Å². The molecule has 10 heteroatoms. The minimum absolute atomic E-state index is 0.270. The Morgan fingerprint density at radius 3 is 2.48 bits per heavy atom. The summed E-state index contributed by atoms with van der Waals surface area (Å²) in [7, 11) is 0. The van der Waals surface area contributed by atoms with Crippen LogP contribution in [0.4, 0.5) is 0 Å². The fraction of sp³-hybridized carbons (Fsp3) is 0.261. The predicted molar refractivity (Wildman–Crippen MR) is 116 cm³/mol. The standard InChI is InChI=1S/C19H18N4O2.C4H4O4/c20-10-15-5-6-17(9-16(15)11-21)25-19-18(4-2-8-23-19)24-13-14-3-1-7-22-12-14;5-3(6)1-2-4(7)8/h2,4-6,8-9,14,22H,1,3,7,12-13H2;1-2H,(H,5,6)(H,7,8)/b;2-1+/t14-;/m0./s1. The van der Waals surface area contributed by atoms with Crippen molar-refractivity contribution in [1.82, 2.24) is 10.3 Å². The van der Waals surface area contributed by atoms with Crippen LogP contribution in [0.25, 0.3) is 0 Å². The third-order valence-corrected chi connectivity index (χ3v) is 4.42. The van der Waals surface area contributed by atoms with Crippen LogP contribution in [-0.2, 0) is 9.59 Å². The molecule has 0 spiro atoms. The number of nitrogens with zero attached hydrogens (tertiary/aromatic N) is 3. The van der Waals surface area contributed by atoms with Gasteiger partial charge in [-0.25, -0.2) is 14.6 Å². The van der Waals surface area contributed by atoms with E-state index in [1.165, 1.54) is 6.07 Å². The SMILES string of the molecule is N#Cc1ccc(Oc2ncccc2OC[C@H]2CCCNC2)cc1C#N.O=C(O)/C=C/C(=O)O. The van der Waals surface area contributed by atoms with Crippen molar-refractivity contribution in [2.75, 3.05) is 19.7 Å². The van der Waals surface area contributed by atoms with Gasteiger partial charge < -0.3 is 25.0 Å². The number of carboxylic acids is 2. The summed E-state index contributed by atoms with van der Waals surface area (Å²) >= 11 is 0. The molecule has 1 aromatic heterocycles. The van der Waals surface area contributed by atoms with Crippen LogP contribution in [0, 0.1) is 28.6 Å². The molecule has 0 saturated carbocycles. The number of carboxylic acid groups (broad SMARTS) is 2. The van der Waals surface area contributed by atoms with E-state index in [9.17, 15) is 9.59 Å². The van der Waals surface area contributed by atoms with Crippen molar-refractivity contribution in [3.63, 3.8) is 0 Å². The molecule has 33 heavy (non-hydrogen) atoms. The van der Waals surface area contributed by atoms with Gasteiger partial charge in [-0.2, -0.15) is 10.5 Å². The number of nitriles is 2. The lowest BCUT2D eigenvalue weighted by Crippen LogP contribution is -2.33. The molecule has 10 nitrogen and oxygen atoms in total. The summed E-state index contributed by atoms with van der Waals surface area (Å²) in [6.45, 7) is 2.63. The van der Waals surface area contributed by atoms with E-state index < -0.39 is 11.9 Å². The number of benzene rings is 1. The van der Waals surface area contributed by atoms with E-state index in [4.69, 9.17) is 30.2 Å². The average molecular weight is 450 g/mol. The van der Waals surface area contributed by atoms with Gasteiger partial charge in [0.15, 0.2) is 5.75 Å². The van der Waals surface area contributed by atoms with Crippen molar-refractivity contribution in [2.24, 2.45) is 5.92 Å². The van der Waals surface area contributed by atoms with Crippen LogP contribution >= 0.6 is 0 Å². The molecule has 2 aromatic rings. The van der Waals surface area contributed by atoms with E-state index in [2.05, 4.69) is 10.3 Å². The van der Waals surface area contributed by atoms with Gasteiger partial charge >= 0.3 is 11.9 Å². The van der Waals surface area contributed by atoms with Crippen LogP contribution in [0.5, 0.6) is 17.4 Å². The number of pyridine rings is 1. The molecule has 1 atom stereocenters. The Bertz CT molecular complexity index is 1070. The van der Waals surface area contributed by atoms with Crippen LogP contribution < -0.4 is 14.8 Å². The van der Waals surface area contributed by atoms with E-state index in [0.29, 0.717) is 47.6 Å². The zero-order valence-corrected chi connectivity index (χ0v) is 17.6. The first kappa shape index (κ1) is 24.9. The Labute approximate surface area is 190 Å². The van der Waals surface area contributed by atoms with E-state index in [0.717, 1.165) is 25.9 Å². The summed E-state index contributed by atoms with van der Waals surface area (Å²) < 4.78 is 11.7. The molecule has 0 bridgehead atoms. The van der Waals surface area contributed by atoms with Gasteiger partial charge in [0.25, 0.3) is 5.88 Å². The van der Waals surface area contributed by atoms with Gasteiger partial charge in [0, 0.05) is 30.8 Å². The first-order valence-corrected chi connectivity index (χ1v) is 9.97. The summed E-state index contributed by atoms with van der Waals surface area (Å²) in [6, 6.07) is 12.3. The van der Waals surface area contributed by atoms with Gasteiger partial charge in [0.1, 0.15) is 17.9 Å². The third kappa shape index (κ3) is 8.69. The number of nitrogens with one attached hydrogen (secondary N) is 1. The van der Waals surface area contributed by atoms with Crippen molar-refractivity contribution in [2.45, 2.75) is 12.8 Å². The first-order valence-electron chi connectivity index (χ1n) is 9.97. The monoisotopic (exact) mass is 450 g/mol. The normalized spacial score (nSPS) is 14.8. The lowest BCUT2D eigenvalue weighted by Gasteiger charge is -2.23. The van der Waals surface area contributed by atoms with Crippen LogP contribution in [0.15, 0.2) is 48.7 Å². The highest BCUT2D eigenvalue weighted by atomic mass is 16.5. The van der Waals surface area contributed by atoms with Gasteiger partial charge in [-0.3, -0.25) is 0 Å². The number of aliphatic carboxylic acids is 2. The highest BCUT2D eigenvalue weighted by Crippen LogP contribution is 2.30. The minimum atomic E-state index is -1.26. The van der Waals surface area contributed by atoms with Gasteiger partial charge in [-0.15, -0.1) is 0 Å². The molecule has 1 saturated heterocycles. The molecular weight excluding hydrogens is 428 g/mol. The molecule has 0 radical (unpaired) electrons. The number of ether oxygens (including phenoxy) is 2. The summed E-state index contributed by atoms with van der Waals surface area (Å²) in [5, 5.41) is 37.1. The second-order valence-electron chi connectivity index (χ2n) is 6.87. The Morgan fingerprint density at radius 1 is 1.15 bits per heavy atom. The number of aromatic nitrogens is 1.